The molecule has 3 aromatic rings. The number of hydrogen-bond donors (Lipinski definition) is 1. The molecule has 1 atom stereocenters. The molecule has 1 unspecified atom stereocenters. The molecule has 7 heteroatoms. The minimum absolute atomic E-state index is 0.186. The van der Waals surface area contributed by atoms with E-state index < -0.39 is 17.7 Å². The van der Waals surface area contributed by atoms with Gasteiger partial charge in [0.05, 0.1) is 11.1 Å². The molecule has 3 nitrogen and oxygen atoms in total. The predicted molar refractivity (Wildman–Crippen MR) is 123 cm³/mol. The number of benzene rings is 2. The highest BCUT2D eigenvalue weighted by molar-refractivity contribution is 7.15. The maximum absolute atomic E-state index is 12.9. The van der Waals surface area contributed by atoms with Crippen molar-refractivity contribution in [1.82, 2.24) is 0 Å². The zero-order chi connectivity index (χ0) is 23.6. The number of halogens is 3. The van der Waals surface area contributed by atoms with Crippen LogP contribution in [0.15, 0.2) is 54.6 Å². The third-order valence-corrected chi connectivity index (χ3v) is 7.50. The molecular weight excluding hydrogens is 449 g/mol. The van der Waals surface area contributed by atoms with Crippen LogP contribution in [0.1, 0.15) is 64.6 Å². The van der Waals surface area contributed by atoms with E-state index >= 15 is 0 Å². The largest absolute Gasteiger partial charge is 0.485 e. The van der Waals surface area contributed by atoms with E-state index in [1.54, 1.807) is 23.5 Å². The fourth-order valence-corrected chi connectivity index (χ4v) is 5.67. The first kappa shape index (κ1) is 23.4. The average Bonchev–Trinajstić information content (AvgIpc) is 3.19. The van der Waals surface area contributed by atoms with Gasteiger partial charge in [-0.15, -0.1) is 11.3 Å². The van der Waals surface area contributed by atoms with Crippen molar-refractivity contribution in [3.05, 3.63) is 76.2 Å². The molecule has 0 radical (unpaired) electrons. The number of ether oxygens (including phenoxy) is 1. The Labute approximate surface area is 194 Å². The molecule has 1 aliphatic carbocycles. The van der Waals surface area contributed by atoms with Crippen LogP contribution in [0.25, 0.3) is 10.4 Å². The Hall–Kier alpha value is -2.80. The minimum atomic E-state index is -4.36. The van der Waals surface area contributed by atoms with Crippen LogP contribution in [-0.2, 0) is 6.18 Å². The molecule has 1 N–H and O–H groups in total. The van der Waals surface area contributed by atoms with Gasteiger partial charge in [-0.2, -0.15) is 13.2 Å². The van der Waals surface area contributed by atoms with Crippen molar-refractivity contribution in [3.8, 4) is 16.2 Å². The fraction of sp³-hybridized carbons (Fsp3) is 0.346. The maximum atomic E-state index is 12.9. The van der Waals surface area contributed by atoms with E-state index in [9.17, 15) is 18.0 Å². The third kappa shape index (κ3) is 5.41. The summed E-state index contributed by atoms with van der Waals surface area (Å²) in [5, 5.41) is 9.15. The van der Waals surface area contributed by atoms with Crippen LogP contribution < -0.4 is 4.74 Å². The Morgan fingerprint density at radius 3 is 2.24 bits per heavy atom. The number of carbonyl (C=O) groups is 1. The SMILES string of the molecule is Cc1cc(-c2ccc(C(F)(F)F)cc2)sc1C(Oc1ccc(C(=O)O)cc1)C1CCCCC1. The number of aryl methyl sites for hydroxylation is 1. The van der Waals surface area contributed by atoms with Gasteiger partial charge in [0.15, 0.2) is 0 Å². The first-order valence-corrected chi connectivity index (χ1v) is 11.8. The van der Waals surface area contributed by atoms with Crippen LogP contribution in [0.2, 0.25) is 0 Å². The molecular formula is C26H25F3O3S. The van der Waals surface area contributed by atoms with Crippen molar-refractivity contribution in [3.63, 3.8) is 0 Å². The van der Waals surface area contributed by atoms with Crippen molar-refractivity contribution >= 4 is 17.3 Å². The van der Waals surface area contributed by atoms with Crippen molar-refractivity contribution in [1.29, 1.82) is 0 Å². The minimum Gasteiger partial charge on any atom is -0.485 e. The Bertz CT molecular complexity index is 1100. The van der Waals surface area contributed by atoms with Crippen molar-refractivity contribution in [2.45, 2.75) is 51.3 Å². The van der Waals surface area contributed by atoms with E-state index in [4.69, 9.17) is 9.84 Å². The lowest BCUT2D eigenvalue weighted by Gasteiger charge is -2.30. The van der Waals surface area contributed by atoms with Crippen LogP contribution in [0.4, 0.5) is 13.2 Å². The highest BCUT2D eigenvalue weighted by Gasteiger charge is 2.31. The second kappa shape index (κ2) is 9.59. The van der Waals surface area contributed by atoms with Gasteiger partial charge in [-0.25, -0.2) is 4.79 Å². The summed E-state index contributed by atoms with van der Waals surface area (Å²) in [5.41, 5.74) is 1.34. The summed E-state index contributed by atoms with van der Waals surface area (Å²) in [4.78, 5) is 13.1. The molecule has 4 rings (SSSR count). The fourth-order valence-electron chi connectivity index (χ4n) is 4.37. The van der Waals surface area contributed by atoms with Crippen LogP contribution in [0.5, 0.6) is 5.75 Å². The van der Waals surface area contributed by atoms with Crippen molar-refractivity contribution in [2.24, 2.45) is 5.92 Å². The highest BCUT2D eigenvalue weighted by atomic mass is 32.1. The first-order valence-electron chi connectivity index (χ1n) is 11.0. The Balaban J connectivity index is 1.64. The smallest absolute Gasteiger partial charge is 0.416 e. The van der Waals surface area contributed by atoms with Gasteiger partial charge in [0.2, 0.25) is 0 Å². The van der Waals surface area contributed by atoms with Gasteiger partial charge < -0.3 is 9.84 Å². The molecule has 33 heavy (non-hydrogen) atoms. The lowest BCUT2D eigenvalue weighted by molar-refractivity contribution is -0.137. The number of aromatic carboxylic acids is 1. The van der Waals surface area contributed by atoms with Crippen molar-refractivity contribution < 1.29 is 27.8 Å². The summed E-state index contributed by atoms with van der Waals surface area (Å²) >= 11 is 1.55. The maximum Gasteiger partial charge on any atom is 0.416 e. The van der Waals surface area contributed by atoms with E-state index in [-0.39, 0.29) is 11.7 Å². The molecule has 0 aliphatic heterocycles. The Morgan fingerprint density at radius 2 is 1.67 bits per heavy atom. The summed E-state index contributed by atoms with van der Waals surface area (Å²) in [6.07, 6.45) is 1.03. The quantitative estimate of drug-likeness (QED) is 0.392. The topological polar surface area (TPSA) is 46.5 Å². The number of hydrogen-bond acceptors (Lipinski definition) is 3. The van der Waals surface area contributed by atoms with Gasteiger partial charge in [0.1, 0.15) is 11.9 Å². The lowest BCUT2D eigenvalue weighted by atomic mass is 9.84. The van der Waals surface area contributed by atoms with Crippen LogP contribution in [0.3, 0.4) is 0 Å². The van der Waals surface area contributed by atoms with Gasteiger partial charge in [-0.3, -0.25) is 0 Å². The summed E-state index contributed by atoms with van der Waals surface area (Å²) in [6, 6.07) is 13.7. The van der Waals surface area contributed by atoms with Gasteiger partial charge in [0, 0.05) is 15.7 Å². The van der Waals surface area contributed by atoms with Crippen LogP contribution in [0, 0.1) is 12.8 Å². The van der Waals surface area contributed by atoms with Gasteiger partial charge in [-0.05, 0) is 73.4 Å². The molecule has 174 valence electrons. The zero-order valence-electron chi connectivity index (χ0n) is 18.2. The van der Waals surface area contributed by atoms with Gasteiger partial charge >= 0.3 is 12.1 Å². The zero-order valence-corrected chi connectivity index (χ0v) is 19.0. The number of thiophene rings is 1. The number of alkyl halides is 3. The standard InChI is InChI=1S/C26H25F3O3S/c1-16-15-22(17-7-11-20(12-8-17)26(27,28)29)33-24(16)23(18-5-3-2-4-6-18)32-21-13-9-19(10-14-21)25(30)31/h7-15,18,23H,2-6H2,1H3,(H,30,31). The van der Waals surface area contributed by atoms with E-state index in [0.717, 1.165) is 58.7 Å². The number of carboxylic acid groups (broad SMARTS) is 1. The first-order chi connectivity index (χ1) is 15.7. The molecule has 1 heterocycles. The summed E-state index contributed by atoms with van der Waals surface area (Å²) in [5.74, 6) is -0.0455. The number of rotatable bonds is 6. The predicted octanol–water partition coefficient (Wildman–Crippen LogP) is 8.14. The molecule has 2 aromatic carbocycles. The summed E-state index contributed by atoms with van der Waals surface area (Å²) < 4.78 is 45.2. The van der Waals surface area contributed by atoms with E-state index in [1.807, 2.05) is 13.0 Å². The summed E-state index contributed by atoms with van der Waals surface area (Å²) in [6.45, 7) is 2.01. The summed E-state index contributed by atoms with van der Waals surface area (Å²) in [7, 11) is 0. The van der Waals surface area contributed by atoms with E-state index in [2.05, 4.69) is 0 Å². The number of carboxylic acids is 1. The average molecular weight is 475 g/mol. The van der Waals surface area contributed by atoms with Crippen LogP contribution >= 0.6 is 11.3 Å². The Morgan fingerprint density at radius 1 is 1.03 bits per heavy atom. The van der Waals surface area contributed by atoms with Gasteiger partial charge in [-0.1, -0.05) is 31.4 Å². The lowest BCUT2D eigenvalue weighted by Crippen LogP contribution is -2.21. The second-order valence-electron chi connectivity index (χ2n) is 8.50. The molecule has 0 spiro atoms. The second-order valence-corrected chi connectivity index (χ2v) is 9.58. The van der Waals surface area contributed by atoms with Crippen LogP contribution in [-0.4, -0.2) is 11.1 Å². The molecule has 0 bridgehead atoms. The Kier molecular flexibility index (Phi) is 6.79. The normalized spacial score (nSPS) is 15.9. The van der Waals surface area contributed by atoms with Crippen molar-refractivity contribution in [2.75, 3.05) is 0 Å². The van der Waals surface area contributed by atoms with E-state index in [0.29, 0.717) is 11.7 Å². The third-order valence-electron chi connectivity index (χ3n) is 6.15. The molecule has 1 aromatic heterocycles. The van der Waals surface area contributed by atoms with E-state index in [1.165, 1.54) is 30.7 Å². The molecule has 1 saturated carbocycles. The van der Waals surface area contributed by atoms with Gasteiger partial charge in [0.25, 0.3) is 0 Å². The highest BCUT2D eigenvalue weighted by Crippen LogP contribution is 2.44. The molecule has 1 aliphatic rings. The molecule has 0 saturated heterocycles. The molecule has 1 fully saturated rings. The monoisotopic (exact) mass is 474 g/mol. The molecule has 0 amide bonds.